The van der Waals surface area contributed by atoms with E-state index in [4.69, 9.17) is 22.1 Å². The molecule has 1 rings (SSSR count). The Morgan fingerprint density at radius 2 is 2.08 bits per heavy atom. The first-order valence-corrected chi connectivity index (χ1v) is 4.29. The van der Waals surface area contributed by atoms with Gasteiger partial charge in [-0.15, -0.1) is 0 Å². The van der Waals surface area contributed by atoms with Crippen LogP contribution in [0.5, 0.6) is 5.75 Å². The molecule has 0 amide bonds. The molecule has 0 aliphatic rings. The molecule has 0 aromatic heterocycles. The van der Waals surface area contributed by atoms with Gasteiger partial charge in [-0.25, -0.2) is 4.39 Å². The SMILES string of the molecule is CC(C)Oc1cc(F)cc(Cl)c1N. The number of halogens is 2. The minimum absolute atomic E-state index is 0.0554. The van der Waals surface area contributed by atoms with Gasteiger partial charge >= 0.3 is 0 Å². The molecular formula is C9H11ClFNO. The molecule has 13 heavy (non-hydrogen) atoms. The number of hydrogen-bond acceptors (Lipinski definition) is 2. The fourth-order valence-corrected chi connectivity index (χ4v) is 1.11. The Labute approximate surface area is 81.4 Å². The van der Waals surface area contributed by atoms with Crippen molar-refractivity contribution in [3.8, 4) is 5.75 Å². The minimum Gasteiger partial charge on any atom is -0.489 e. The Balaban J connectivity index is 3.05. The summed E-state index contributed by atoms with van der Waals surface area (Å²) in [6.07, 6.45) is -0.0554. The van der Waals surface area contributed by atoms with E-state index in [2.05, 4.69) is 0 Å². The number of ether oxygens (including phenoxy) is 1. The Bertz CT molecular complexity index is 315. The van der Waals surface area contributed by atoms with E-state index in [0.29, 0.717) is 5.75 Å². The summed E-state index contributed by atoms with van der Waals surface area (Å²) in [5, 5.41) is 0.177. The first kappa shape index (κ1) is 10.1. The number of benzene rings is 1. The van der Waals surface area contributed by atoms with Gasteiger partial charge in [-0.05, 0) is 19.9 Å². The molecule has 0 spiro atoms. The third-order valence-corrected chi connectivity index (χ3v) is 1.73. The van der Waals surface area contributed by atoms with Crippen molar-refractivity contribution in [1.29, 1.82) is 0 Å². The van der Waals surface area contributed by atoms with Crippen molar-refractivity contribution in [2.24, 2.45) is 0 Å². The Morgan fingerprint density at radius 1 is 1.46 bits per heavy atom. The van der Waals surface area contributed by atoms with E-state index in [-0.39, 0.29) is 16.8 Å². The number of rotatable bonds is 2. The maximum Gasteiger partial charge on any atom is 0.147 e. The summed E-state index contributed by atoms with van der Waals surface area (Å²) in [6, 6.07) is 2.38. The standard InChI is InChI=1S/C9H11ClFNO/c1-5(2)13-8-4-6(11)3-7(10)9(8)12/h3-5H,12H2,1-2H3. The molecule has 1 aromatic rings. The number of nitrogen functional groups attached to an aromatic ring is 1. The van der Waals surface area contributed by atoms with Gasteiger partial charge in [0.1, 0.15) is 11.6 Å². The van der Waals surface area contributed by atoms with E-state index in [9.17, 15) is 4.39 Å². The molecule has 2 N–H and O–H groups in total. The highest BCUT2D eigenvalue weighted by Gasteiger charge is 2.08. The largest absolute Gasteiger partial charge is 0.489 e. The number of anilines is 1. The summed E-state index contributed by atoms with van der Waals surface area (Å²) in [7, 11) is 0. The van der Waals surface area contributed by atoms with E-state index < -0.39 is 5.82 Å². The molecule has 0 unspecified atom stereocenters. The van der Waals surface area contributed by atoms with Crippen LogP contribution in [0.25, 0.3) is 0 Å². The number of hydrogen-bond donors (Lipinski definition) is 1. The Kier molecular flexibility index (Phi) is 2.98. The van der Waals surface area contributed by atoms with Crippen molar-refractivity contribution < 1.29 is 9.13 Å². The Hall–Kier alpha value is -0.960. The van der Waals surface area contributed by atoms with Gasteiger partial charge in [0.2, 0.25) is 0 Å². The van der Waals surface area contributed by atoms with Crippen molar-refractivity contribution in [1.82, 2.24) is 0 Å². The van der Waals surface area contributed by atoms with Gasteiger partial charge in [-0.2, -0.15) is 0 Å². The molecule has 0 fully saturated rings. The highest BCUT2D eigenvalue weighted by molar-refractivity contribution is 6.33. The van der Waals surface area contributed by atoms with E-state index in [1.165, 1.54) is 6.07 Å². The summed E-state index contributed by atoms with van der Waals surface area (Å²) in [5.74, 6) is -0.158. The first-order chi connectivity index (χ1) is 6.00. The average Bonchev–Trinajstić information content (AvgIpc) is 1.98. The lowest BCUT2D eigenvalue weighted by Gasteiger charge is -2.12. The van der Waals surface area contributed by atoms with Gasteiger partial charge < -0.3 is 10.5 Å². The molecule has 0 saturated carbocycles. The van der Waals surface area contributed by atoms with E-state index >= 15 is 0 Å². The molecule has 0 atom stereocenters. The van der Waals surface area contributed by atoms with Crippen molar-refractivity contribution in [2.75, 3.05) is 5.73 Å². The molecule has 2 nitrogen and oxygen atoms in total. The van der Waals surface area contributed by atoms with Crippen molar-refractivity contribution in [3.63, 3.8) is 0 Å². The van der Waals surface area contributed by atoms with Crippen LogP contribution in [0, 0.1) is 5.82 Å². The van der Waals surface area contributed by atoms with Crippen LogP contribution in [-0.4, -0.2) is 6.10 Å². The molecule has 0 saturated heterocycles. The van der Waals surface area contributed by atoms with Crippen LogP contribution >= 0.6 is 11.6 Å². The lowest BCUT2D eigenvalue weighted by atomic mass is 10.3. The highest BCUT2D eigenvalue weighted by Crippen LogP contribution is 2.31. The normalized spacial score (nSPS) is 10.5. The maximum atomic E-state index is 12.8. The van der Waals surface area contributed by atoms with Crippen LogP contribution in [0.15, 0.2) is 12.1 Å². The fourth-order valence-electron chi connectivity index (χ4n) is 0.913. The second-order valence-electron chi connectivity index (χ2n) is 2.97. The zero-order chi connectivity index (χ0) is 10.0. The molecule has 72 valence electrons. The lowest BCUT2D eigenvalue weighted by Crippen LogP contribution is -2.07. The van der Waals surface area contributed by atoms with Gasteiger partial charge in [0.05, 0.1) is 16.8 Å². The van der Waals surface area contributed by atoms with Crippen LogP contribution in [-0.2, 0) is 0 Å². The molecule has 0 bridgehead atoms. The van der Waals surface area contributed by atoms with Crippen LogP contribution in [0.1, 0.15) is 13.8 Å². The topological polar surface area (TPSA) is 35.2 Å². The fraction of sp³-hybridized carbons (Fsp3) is 0.333. The molecular weight excluding hydrogens is 193 g/mol. The lowest BCUT2D eigenvalue weighted by molar-refractivity contribution is 0.243. The summed E-state index contributed by atoms with van der Waals surface area (Å²) >= 11 is 5.66. The summed E-state index contributed by atoms with van der Waals surface area (Å²) < 4.78 is 18.1. The smallest absolute Gasteiger partial charge is 0.147 e. The third kappa shape index (κ3) is 2.49. The zero-order valence-electron chi connectivity index (χ0n) is 7.47. The van der Waals surface area contributed by atoms with Crippen molar-refractivity contribution in [3.05, 3.63) is 23.0 Å². The molecule has 4 heteroatoms. The number of nitrogens with two attached hydrogens (primary N) is 1. The first-order valence-electron chi connectivity index (χ1n) is 3.92. The van der Waals surface area contributed by atoms with Crippen LogP contribution in [0.2, 0.25) is 5.02 Å². The van der Waals surface area contributed by atoms with Crippen LogP contribution < -0.4 is 10.5 Å². The van der Waals surface area contributed by atoms with Gasteiger partial charge in [-0.1, -0.05) is 11.6 Å². The predicted molar refractivity (Wildman–Crippen MR) is 51.6 cm³/mol. The summed E-state index contributed by atoms with van der Waals surface area (Å²) in [5.41, 5.74) is 5.85. The minimum atomic E-state index is -0.449. The van der Waals surface area contributed by atoms with Gasteiger partial charge in [0, 0.05) is 6.07 Å². The highest BCUT2D eigenvalue weighted by atomic mass is 35.5. The second kappa shape index (κ2) is 3.83. The summed E-state index contributed by atoms with van der Waals surface area (Å²) in [6.45, 7) is 3.66. The molecule has 0 heterocycles. The third-order valence-electron chi connectivity index (χ3n) is 1.42. The van der Waals surface area contributed by atoms with Crippen LogP contribution in [0.3, 0.4) is 0 Å². The van der Waals surface area contributed by atoms with E-state index in [1.54, 1.807) is 0 Å². The van der Waals surface area contributed by atoms with Gasteiger partial charge in [0.25, 0.3) is 0 Å². The summed E-state index contributed by atoms with van der Waals surface area (Å²) in [4.78, 5) is 0. The molecule has 0 aliphatic carbocycles. The quantitative estimate of drug-likeness (QED) is 0.751. The monoisotopic (exact) mass is 203 g/mol. The second-order valence-corrected chi connectivity index (χ2v) is 3.37. The van der Waals surface area contributed by atoms with E-state index in [0.717, 1.165) is 6.07 Å². The Morgan fingerprint density at radius 3 is 2.62 bits per heavy atom. The maximum absolute atomic E-state index is 12.8. The van der Waals surface area contributed by atoms with E-state index in [1.807, 2.05) is 13.8 Å². The van der Waals surface area contributed by atoms with Crippen molar-refractivity contribution >= 4 is 17.3 Å². The molecule has 0 aliphatic heterocycles. The molecule has 1 aromatic carbocycles. The zero-order valence-corrected chi connectivity index (χ0v) is 8.23. The van der Waals surface area contributed by atoms with Gasteiger partial charge in [0.15, 0.2) is 0 Å². The van der Waals surface area contributed by atoms with Crippen molar-refractivity contribution in [2.45, 2.75) is 20.0 Å². The van der Waals surface area contributed by atoms with Crippen LogP contribution in [0.4, 0.5) is 10.1 Å². The molecule has 0 radical (unpaired) electrons. The van der Waals surface area contributed by atoms with Gasteiger partial charge in [-0.3, -0.25) is 0 Å². The predicted octanol–water partition coefficient (Wildman–Crippen LogP) is 2.85. The average molecular weight is 204 g/mol.